The molecule has 0 bridgehead atoms. The lowest BCUT2D eigenvalue weighted by molar-refractivity contribution is 0.627. The Balaban J connectivity index is 1.76. The number of nitrogens with one attached hydrogen (secondary N) is 1. The maximum absolute atomic E-state index is 13.3. The zero-order valence-corrected chi connectivity index (χ0v) is 14.0. The number of benzene rings is 1. The van der Waals surface area contributed by atoms with Gasteiger partial charge in [-0.15, -0.1) is 11.3 Å². The minimum absolute atomic E-state index is 0.228. The van der Waals surface area contributed by atoms with E-state index in [4.69, 9.17) is 0 Å². The number of rotatable bonds is 3. The van der Waals surface area contributed by atoms with E-state index in [1.54, 1.807) is 23.7 Å². The van der Waals surface area contributed by atoms with Crippen molar-refractivity contribution in [2.24, 2.45) is 0 Å². The van der Waals surface area contributed by atoms with Crippen LogP contribution in [0.15, 0.2) is 60.2 Å². The largest absolute Gasteiger partial charge is 0.296 e. The highest BCUT2D eigenvalue weighted by molar-refractivity contribution is 7.14. The van der Waals surface area contributed by atoms with Crippen molar-refractivity contribution in [3.05, 3.63) is 82.7 Å². The van der Waals surface area contributed by atoms with Crippen LogP contribution in [0.2, 0.25) is 0 Å². The first-order valence-corrected chi connectivity index (χ1v) is 8.57. The monoisotopic (exact) mass is 337 g/mol. The van der Waals surface area contributed by atoms with Crippen molar-refractivity contribution < 1.29 is 4.39 Å². The highest BCUT2D eigenvalue weighted by Gasteiger charge is 2.24. The molecule has 3 heterocycles. The van der Waals surface area contributed by atoms with E-state index in [1.165, 1.54) is 23.3 Å². The fourth-order valence-electron chi connectivity index (χ4n) is 2.81. The number of nitrogens with zero attached hydrogens (tertiary/aromatic N) is 2. The van der Waals surface area contributed by atoms with Crippen LogP contribution in [-0.4, -0.2) is 11.5 Å². The Bertz CT molecular complexity index is 884. The zero-order valence-electron chi connectivity index (χ0n) is 13.2. The number of aromatic nitrogens is 1. The first kappa shape index (κ1) is 14.9. The maximum Gasteiger partial charge on any atom is 0.123 e. The van der Waals surface area contributed by atoms with Crippen LogP contribution in [0.4, 0.5) is 9.39 Å². The molecule has 0 saturated carbocycles. The van der Waals surface area contributed by atoms with E-state index in [-0.39, 0.29) is 5.82 Å². The third-order valence-corrected chi connectivity index (χ3v) is 5.08. The summed E-state index contributed by atoms with van der Waals surface area (Å²) in [6, 6.07) is 12.8. The summed E-state index contributed by atoms with van der Waals surface area (Å²) in [4.78, 5) is 4.10. The average Bonchev–Trinajstić information content (AvgIpc) is 3.23. The second kappa shape index (κ2) is 6.09. The van der Waals surface area contributed by atoms with Crippen molar-refractivity contribution in [3.63, 3.8) is 0 Å². The molecule has 0 spiro atoms. The van der Waals surface area contributed by atoms with E-state index in [9.17, 15) is 4.39 Å². The van der Waals surface area contributed by atoms with Crippen LogP contribution in [0.5, 0.6) is 0 Å². The summed E-state index contributed by atoms with van der Waals surface area (Å²) in [5.41, 5.74) is 9.01. The number of hydrogen-bond acceptors (Lipinski definition) is 4. The molecule has 2 aromatic heterocycles. The molecule has 24 heavy (non-hydrogen) atoms. The third-order valence-electron chi connectivity index (χ3n) is 4.01. The van der Waals surface area contributed by atoms with Crippen LogP contribution in [0, 0.1) is 12.7 Å². The maximum atomic E-state index is 13.3. The predicted octanol–water partition coefficient (Wildman–Crippen LogP) is 4.48. The fourth-order valence-corrected chi connectivity index (χ4v) is 3.68. The van der Waals surface area contributed by atoms with Gasteiger partial charge in [-0.3, -0.25) is 15.4 Å². The lowest BCUT2D eigenvalue weighted by Crippen LogP contribution is -2.30. The Morgan fingerprint density at radius 2 is 1.83 bits per heavy atom. The molecule has 0 fully saturated rings. The smallest absolute Gasteiger partial charge is 0.123 e. The Morgan fingerprint density at radius 1 is 1.08 bits per heavy atom. The Kier molecular flexibility index (Phi) is 3.78. The predicted molar refractivity (Wildman–Crippen MR) is 97.0 cm³/mol. The molecule has 0 amide bonds. The van der Waals surface area contributed by atoms with E-state index in [2.05, 4.69) is 33.8 Å². The summed E-state index contributed by atoms with van der Waals surface area (Å²) in [6.07, 6.45) is 3.59. The molecule has 0 radical (unpaired) electrons. The molecule has 0 aliphatic carbocycles. The Hall–Kier alpha value is -2.66. The molecule has 0 unspecified atom stereocenters. The summed E-state index contributed by atoms with van der Waals surface area (Å²) in [5, 5.41) is 5.43. The minimum Gasteiger partial charge on any atom is -0.296 e. The molecule has 3 nitrogen and oxygen atoms in total. The molecule has 3 aromatic rings. The first-order valence-electron chi connectivity index (χ1n) is 7.69. The molecule has 0 atom stereocenters. The topological polar surface area (TPSA) is 28.2 Å². The second-order valence-corrected chi connectivity index (χ2v) is 6.65. The lowest BCUT2D eigenvalue weighted by atomic mass is 10.0. The van der Waals surface area contributed by atoms with Gasteiger partial charge in [-0.05, 0) is 71.5 Å². The molecule has 1 N–H and O–H groups in total. The Labute approximate surface area is 144 Å². The summed E-state index contributed by atoms with van der Waals surface area (Å²) < 4.78 is 13.3. The van der Waals surface area contributed by atoms with Crippen molar-refractivity contribution in [2.45, 2.75) is 6.92 Å². The van der Waals surface area contributed by atoms with Crippen molar-refractivity contribution in [2.75, 3.05) is 11.6 Å². The summed E-state index contributed by atoms with van der Waals surface area (Å²) in [5.74, 6) is -0.228. The van der Waals surface area contributed by atoms with Gasteiger partial charge in [0, 0.05) is 18.0 Å². The standard InChI is InChI=1S/C19H16FN3S/c1-13-10-18(24-12-13)23-11-17(14-6-8-21-9-7-14)19(22-23)15-2-4-16(20)5-3-15/h2-10,12,22H,11H2,1H3. The number of halogens is 1. The van der Waals surface area contributed by atoms with Crippen molar-refractivity contribution in [3.8, 4) is 0 Å². The number of hydrogen-bond donors (Lipinski definition) is 1. The number of pyridine rings is 1. The van der Waals surface area contributed by atoms with E-state index in [0.29, 0.717) is 0 Å². The SMILES string of the molecule is Cc1csc(N2CC(c3ccncc3)=C(c3ccc(F)cc3)N2)c1. The highest BCUT2D eigenvalue weighted by atomic mass is 32.1. The lowest BCUT2D eigenvalue weighted by Gasteiger charge is -2.18. The van der Waals surface area contributed by atoms with Crippen LogP contribution in [0.25, 0.3) is 11.3 Å². The van der Waals surface area contributed by atoms with Crippen LogP contribution in [0.1, 0.15) is 16.7 Å². The van der Waals surface area contributed by atoms with Gasteiger partial charge in [-0.2, -0.15) is 0 Å². The van der Waals surface area contributed by atoms with Crippen LogP contribution in [0.3, 0.4) is 0 Å². The first-order chi connectivity index (χ1) is 11.7. The van der Waals surface area contributed by atoms with E-state index < -0.39 is 0 Å². The van der Waals surface area contributed by atoms with Crippen LogP contribution in [-0.2, 0) is 0 Å². The van der Waals surface area contributed by atoms with Gasteiger partial charge in [0.2, 0.25) is 0 Å². The average molecular weight is 337 g/mol. The van der Waals surface area contributed by atoms with Gasteiger partial charge in [0.25, 0.3) is 0 Å². The molecule has 4 rings (SSSR count). The molecule has 1 aromatic carbocycles. The summed E-state index contributed by atoms with van der Waals surface area (Å²) in [7, 11) is 0. The third kappa shape index (κ3) is 2.78. The molecule has 0 saturated heterocycles. The van der Waals surface area contributed by atoms with Crippen molar-refractivity contribution >= 4 is 27.6 Å². The molecule has 1 aliphatic rings. The normalized spacial score (nSPS) is 14.2. The number of anilines is 1. The zero-order chi connectivity index (χ0) is 16.5. The van der Waals surface area contributed by atoms with Gasteiger partial charge in [0.05, 0.1) is 12.2 Å². The fraction of sp³-hybridized carbons (Fsp3) is 0.105. The Morgan fingerprint density at radius 3 is 2.50 bits per heavy atom. The van der Waals surface area contributed by atoms with E-state index >= 15 is 0 Å². The van der Waals surface area contributed by atoms with Gasteiger partial charge in [0.15, 0.2) is 0 Å². The summed E-state index contributed by atoms with van der Waals surface area (Å²) in [6.45, 7) is 2.84. The molecule has 1 aliphatic heterocycles. The van der Waals surface area contributed by atoms with Gasteiger partial charge < -0.3 is 0 Å². The van der Waals surface area contributed by atoms with Gasteiger partial charge in [-0.1, -0.05) is 0 Å². The quantitative estimate of drug-likeness (QED) is 0.763. The second-order valence-electron chi connectivity index (χ2n) is 5.76. The highest BCUT2D eigenvalue weighted by Crippen LogP contribution is 2.34. The van der Waals surface area contributed by atoms with Gasteiger partial charge in [0.1, 0.15) is 10.8 Å². The van der Waals surface area contributed by atoms with Gasteiger partial charge in [-0.25, -0.2) is 4.39 Å². The van der Waals surface area contributed by atoms with E-state index in [0.717, 1.165) is 28.4 Å². The molecular weight excluding hydrogens is 321 g/mol. The van der Waals surface area contributed by atoms with Crippen LogP contribution < -0.4 is 10.4 Å². The van der Waals surface area contributed by atoms with Crippen molar-refractivity contribution in [1.29, 1.82) is 0 Å². The summed E-state index contributed by atoms with van der Waals surface area (Å²) >= 11 is 1.71. The molecular formula is C19H16FN3S. The van der Waals surface area contributed by atoms with Crippen LogP contribution >= 0.6 is 11.3 Å². The minimum atomic E-state index is -0.228. The number of thiophene rings is 1. The number of aryl methyl sites for hydroxylation is 1. The van der Waals surface area contributed by atoms with Crippen molar-refractivity contribution in [1.82, 2.24) is 10.4 Å². The molecule has 120 valence electrons. The number of hydrazine groups is 1. The van der Waals surface area contributed by atoms with E-state index in [1.807, 2.05) is 24.3 Å². The molecule has 5 heteroatoms. The van der Waals surface area contributed by atoms with Gasteiger partial charge >= 0.3 is 0 Å².